The molecule has 4 atom stereocenters. The van der Waals surface area contributed by atoms with E-state index in [0.717, 1.165) is 25.0 Å². The quantitative estimate of drug-likeness (QED) is 0.469. The van der Waals surface area contributed by atoms with Crippen LogP contribution in [-0.2, 0) is 14.3 Å². The zero-order valence-electron chi connectivity index (χ0n) is 13.4. The Kier molecular flexibility index (Phi) is 3.76. The first-order chi connectivity index (χ1) is 11.9. The van der Waals surface area contributed by atoms with Gasteiger partial charge in [-0.2, -0.15) is 0 Å². The molecule has 3 aliphatic carbocycles. The average molecular weight is 412 g/mol. The van der Waals surface area contributed by atoms with Crippen molar-refractivity contribution in [3.8, 4) is 0 Å². The van der Waals surface area contributed by atoms with Gasteiger partial charge < -0.3 is 10.1 Å². The highest BCUT2D eigenvalue weighted by molar-refractivity contribution is 9.10. The zero-order valence-corrected chi connectivity index (χ0v) is 15.0. The molecule has 0 radical (unpaired) electrons. The Morgan fingerprint density at radius 3 is 2.24 bits per heavy atom. The minimum Gasteiger partial charge on any atom is -0.469 e. The number of benzene rings is 1. The van der Waals surface area contributed by atoms with Crippen LogP contribution in [0.2, 0.25) is 0 Å². The first-order valence-electron chi connectivity index (χ1n) is 8.10. The summed E-state index contributed by atoms with van der Waals surface area (Å²) in [5.41, 5.74) is 0.0142. The number of hydrogen-bond donors (Lipinski definition) is 1. The molecular formula is C18H16BrF2NO3. The van der Waals surface area contributed by atoms with Crippen molar-refractivity contribution in [2.24, 2.45) is 29.1 Å². The zero-order chi connectivity index (χ0) is 17.9. The molecule has 0 aliphatic heterocycles. The molecule has 3 aliphatic rings. The average Bonchev–Trinajstić information content (AvgIpc) is 3.25. The number of ether oxygens (including phenoxy) is 1. The van der Waals surface area contributed by atoms with Gasteiger partial charge >= 0.3 is 5.97 Å². The SMILES string of the molecule is COC(=O)[C@H]1[C@H](C(=O)Nc2cc(F)c(Br)c(F)c2)[C@@H]2C=C[C@H]1C21CC1. The van der Waals surface area contributed by atoms with Crippen molar-refractivity contribution in [3.63, 3.8) is 0 Å². The Labute approximate surface area is 151 Å². The van der Waals surface area contributed by atoms with Crippen LogP contribution in [0.1, 0.15) is 12.8 Å². The molecule has 1 aromatic carbocycles. The van der Waals surface area contributed by atoms with E-state index in [0.29, 0.717) is 0 Å². The van der Waals surface area contributed by atoms with Gasteiger partial charge in [0.2, 0.25) is 5.91 Å². The fourth-order valence-electron chi connectivity index (χ4n) is 4.67. The summed E-state index contributed by atoms with van der Waals surface area (Å²) in [6, 6.07) is 2.10. The molecule has 4 nitrogen and oxygen atoms in total. The van der Waals surface area contributed by atoms with Gasteiger partial charge in [-0.15, -0.1) is 0 Å². The number of rotatable bonds is 3. The summed E-state index contributed by atoms with van der Waals surface area (Å²) in [5, 5.41) is 2.57. The van der Waals surface area contributed by atoms with E-state index >= 15 is 0 Å². The van der Waals surface area contributed by atoms with Crippen molar-refractivity contribution in [1.82, 2.24) is 0 Å². The molecule has 0 saturated heterocycles. The maximum atomic E-state index is 13.7. The number of hydrogen-bond acceptors (Lipinski definition) is 3. The van der Waals surface area contributed by atoms with Gasteiger partial charge in [-0.3, -0.25) is 9.59 Å². The van der Waals surface area contributed by atoms with Gasteiger partial charge in [-0.1, -0.05) is 12.2 Å². The van der Waals surface area contributed by atoms with E-state index in [2.05, 4.69) is 21.2 Å². The molecule has 1 amide bonds. The lowest BCUT2D eigenvalue weighted by atomic mass is 9.82. The highest BCUT2D eigenvalue weighted by Gasteiger charge is 2.70. The van der Waals surface area contributed by atoms with Crippen molar-refractivity contribution < 1.29 is 23.1 Å². The van der Waals surface area contributed by atoms with Crippen molar-refractivity contribution in [2.75, 3.05) is 12.4 Å². The van der Waals surface area contributed by atoms with E-state index in [4.69, 9.17) is 4.74 Å². The molecule has 1 aromatic rings. The van der Waals surface area contributed by atoms with Crippen LogP contribution in [0.15, 0.2) is 28.8 Å². The number of nitrogens with one attached hydrogen (secondary N) is 1. The second-order valence-electron chi connectivity index (χ2n) is 6.99. The van der Waals surface area contributed by atoms with E-state index in [1.54, 1.807) is 0 Å². The third-order valence-corrected chi connectivity index (χ3v) is 6.63. The Hall–Kier alpha value is -1.76. The maximum Gasteiger partial charge on any atom is 0.310 e. The number of halogens is 3. The summed E-state index contributed by atoms with van der Waals surface area (Å²) in [4.78, 5) is 25.1. The molecule has 1 N–H and O–H groups in total. The van der Waals surface area contributed by atoms with Gasteiger partial charge in [0, 0.05) is 5.69 Å². The lowest BCUT2D eigenvalue weighted by Gasteiger charge is -2.25. The predicted molar refractivity (Wildman–Crippen MR) is 89.5 cm³/mol. The number of amides is 1. The summed E-state index contributed by atoms with van der Waals surface area (Å²) in [6.45, 7) is 0. The number of methoxy groups -OCH3 is 1. The van der Waals surface area contributed by atoms with Gasteiger partial charge in [-0.25, -0.2) is 8.78 Å². The van der Waals surface area contributed by atoms with Crippen LogP contribution in [0.25, 0.3) is 0 Å². The van der Waals surface area contributed by atoms with Crippen molar-refractivity contribution in [1.29, 1.82) is 0 Å². The van der Waals surface area contributed by atoms with Crippen LogP contribution in [-0.4, -0.2) is 19.0 Å². The van der Waals surface area contributed by atoms with E-state index in [-0.39, 0.29) is 27.4 Å². The smallest absolute Gasteiger partial charge is 0.310 e. The maximum absolute atomic E-state index is 13.7. The third-order valence-electron chi connectivity index (χ3n) is 5.87. The fourth-order valence-corrected chi connectivity index (χ4v) is 4.89. The van der Waals surface area contributed by atoms with Gasteiger partial charge in [0.25, 0.3) is 0 Å². The molecule has 25 heavy (non-hydrogen) atoms. The second kappa shape index (κ2) is 5.62. The normalized spacial score (nSPS) is 30.6. The lowest BCUT2D eigenvalue weighted by molar-refractivity contribution is -0.150. The molecule has 4 rings (SSSR count). The van der Waals surface area contributed by atoms with E-state index in [1.807, 2.05) is 12.2 Å². The monoisotopic (exact) mass is 411 g/mol. The van der Waals surface area contributed by atoms with E-state index in [1.165, 1.54) is 7.11 Å². The molecular weight excluding hydrogens is 396 g/mol. The van der Waals surface area contributed by atoms with Crippen LogP contribution >= 0.6 is 15.9 Å². The number of esters is 1. The first kappa shape index (κ1) is 16.7. The van der Waals surface area contributed by atoms with E-state index < -0.39 is 35.3 Å². The summed E-state index contributed by atoms with van der Waals surface area (Å²) in [6.07, 6.45) is 5.98. The Morgan fingerprint density at radius 1 is 1.16 bits per heavy atom. The molecule has 2 fully saturated rings. The number of anilines is 1. The molecule has 1 spiro atoms. The molecule has 2 saturated carbocycles. The van der Waals surface area contributed by atoms with Crippen LogP contribution < -0.4 is 5.32 Å². The van der Waals surface area contributed by atoms with Crippen LogP contribution in [0, 0.1) is 40.7 Å². The largest absolute Gasteiger partial charge is 0.469 e. The molecule has 0 aromatic heterocycles. The lowest BCUT2D eigenvalue weighted by Crippen LogP contribution is -2.37. The summed E-state index contributed by atoms with van der Waals surface area (Å²) in [5.74, 6) is -3.58. The Balaban J connectivity index is 1.63. The number of carbonyl (C=O) groups is 2. The van der Waals surface area contributed by atoms with Crippen molar-refractivity contribution >= 4 is 33.5 Å². The first-order valence-corrected chi connectivity index (χ1v) is 8.90. The Bertz CT molecular complexity index is 783. The summed E-state index contributed by atoms with van der Waals surface area (Å²) >= 11 is 2.80. The highest BCUT2D eigenvalue weighted by atomic mass is 79.9. The summed E-state index contributed by atoms with van der Waals surface area (Å²) in [7, 11) is 1.31. The molecule has 132 valence electrons. The predicted octanol–water partition coefficient (Wildman–Crippen LogP) is 3.67. The summed E-state index contributed by atoms with van der Waals surface area (Å²) < 4.78 is 32.0. The van der Waals surface area contributed by atoms with Gasteiger partial charge in [0.15, 0.2) is 0 Å². The van der Waals surface area contributed by atoms with E-state index in [9.17, 15) is 18.4 Å². The number of allylic oxidation sites excluding steroid dienone is 2. The van der Waals surface area contributed by atoms with Crippen molar-refractivity contribution in [3.05, 3.63) is 40.4 Å². The van der Waals surface area contributed by atoms with Crippen LogP contribution in [0.4, 0.5) is 14.5 Å². The van der Waals surface area contributed by atoms with Crippen LogP contribution in [0.3, 0.4) is 0 Å². The second-order valence-corrected chi connectivity index (χ2v) is 7.78. The highest BCUT2D eigenvalue weighted by Crippen LogP contribution is 2.72. The van der Waals surface area contributed by atoms with Gasteiger partial charge in [0.05, 0.1) is 23.4 Å². The number of carbonyl (C=O) groups excluding carboxylic acids is 2. The van der Waals surface area contributed by atoms with Crippen LogP contribution in [0.5, 0.6) is 0 Å². The third kappa shape index (κ3) is 2.35. The van der Waals surface area contributed by atoms with Crippen molar-refractivity contribution in [2.45, 2.75) is 12.8 Å². The minimum atomic E-state index is -0.800. The standard InChI is InChI=1S/C18H16BrF2NO3/c1-25-17(24)14-10-3-2-9(18(10)4-5-18)13(14)16(23)22-8-6-11(20)15(19)12(21)7-8/h2-3,6-7,9-10,13-14H,4-5H2,1H3,(H,22,23)/t9-,10+,13+,14+/m0/s1. The molecule has 0 unspecified atom stereocenters. The fraction of sp³-hybridized carbons (Fsp3) is 0.444. The van der Waals surface area contributed by atoms with Gasteiger partial charge in [0.1, 0.15) is 11.6 Å². The topological polar surface area (TPSA) is 55.4 Å². The molecule has 2 bridgehead atoms. The molecule has 7 heteroatoms. The minimum absolute atomic E-state index is 0.000843. The van der Waals surface area contributed by atoms with Gasteiger partial charge in [-0.05, 0) is 58.2 Å². The Morgan fingerprint density at radius 2 is 1.72 bits per heavy atom. The molecule has 0 heterocycles.